The Hall–Kier alpha value is -2.09. The molecule has 0 unspecified atom stereocenters. The molecule has 25 heavy (non-hydrogen) atoms. The first-order valence-corrected chi connectivity index (χ1v) is 8.81. The van der Waals surface area contributed by atoms with Crippen molar-refractivity contribution >= 4 is 23.1 Å². The van der Waals surface area contributed by atoms with Crippen LogP contribution in [0.15, 0.2) is 42.2 Å². The molecule has 1 aromatic rings. The van der Waals surface area contributed by atoms with Crippen molar-refractivity contribution in [3.05, 3.63) is 53.3 Å². The monoisotopic (exact) mass is 373 g/mol. The Bertz CT molecular complexity index is 699. The first kappa shape index (κ1) is 19.2. The number of rotatable bonds is 7. The van der Waals surface area contributed by atoms with Crippen LogP contribution in [0.4, 0.5) is 13.2 Å². The third-order valence-electron chi connectivity index (χ3n) is 3.26. The molecule has 0 amide bonds. The number of benzene rings is 1. The zero-order valence-electron chi connectivity index (χ0n) is 13.8. The maximum atomic E-state index is 13.0. The van der Waals surface area contributed by atoms with E-state index in [4.69, 9.17) is 9.47 Å². The number of allylic oxidation sites excluding steroid dienone is 1. The summed E-state index contributed by atoms with van der Waals surface area (Å²) in [4.78, 5) is 12.6. The Labute approximate surface area is 148 Å². The fourth-order valence-electron chi connectivity index (χ4n) is 2.13. The maximum absolute atomic E-state index is 13.0. The summed E-state index contributed by atoms with van der Waals surface area (Å²) in [6, 6.07) is 4.61. The fraction of sp³-hybridized carbons (Fsp3) is 0.353. The Morgan fingerprint density at radius 1 is 1.32 bits per heavy atom. The number of hydrogen-bond donors (Lipinski definition) is 1. The highest BCUT2D eigenvalue weighted by molar-refractivity contribution is 7.99. The number of nitrogens with one attached hydrogen (secondary N) is 1. The number of carbonyl (C=O) groups is 1. The van der Waals surface area contributed by atoms with E-state index < -0.39 is 17.5 Å². The summed E-state index contributed by atoms with van der Waals surface area (Å²) in [5, 5.41) is 2.95. The third kappa shape index (κ3) is 4.72. The molecule has 0 saturated carbocycles. The molecule has 1 aliphatic heterocycles. The lowest BCUT2D eigenvalue weighted by Crippen LogP contribution is -2.14. The van der Waals surface area contributed by atoms with Gasteiger partial charge in [0.15, 0.2) is 0 Å². The average Bonchev–Trinajstić information content (AvgIpc) is 2.88. The van der Waals surface area contributed by atoms with Gasteiger partial charge in [-0.15, -0.1) is 11.8 Å². The number of ether oxygens (including phenoxy) is 2. The zero-order chi connectivity index (χ0) is 18.4. The van der Waals surface area contributed by atoms with Gasteiger partial charge in [-0.25, -0.2) is 0 Å². The summed E-state index contributed by atoms with van der Waals surface area (Å²) in [7, 11) is 0. The molecule has 1 heterocycles. The van der Waals surface area contributed by atoms with Crippen LogP contribution in [0.2, 0.25) is 0 Å². The van der Waals surface area contributed by atoms with Crippen LogP contribution in [0, 0.1) is 0 Å². The van der Waals surface area contributed by atoms with E-state index in [2.05, 4.69) is 5.32 Å². The van der Waals surface area contributed by atoms with Crippen LogP contribution >= 0.6 is 11.8 Å². The van der Waals surface area contributed by atoms with Gasteiger partial charge in [0.05, 0.1) is 23.6 Å². The molecule has 4 nitrogen and oxygen atoms in total. The zero-order valence-corrected chi connectivity index (χ0v) is 14.6. The normalized spacial score (nSPS) is 16.4. The summed E-state index contributed by atoms with van der Waals surface area (Å²) in [5.41, 5.74) is -0.618. The number of carbonyl (C=O) groups excluding carboxylic acids is 1. The van der Waals surface area contributed by atoms with Crippen molar-refractivity contribution in [1.29, 1.82) is 0 Å². The number of thioether (sulfide) groups is 1. The van der Waals surface area contributed by atoms with Crippen molar-refractivity contribution < 1.29 is 27.4 Å². The summed E-state index contributed by atoms with van der Waals surface area (Å²) >= 11 is 1.55. The first-order chi connectivity index (χ1) is 11.9. The van der Waals surface area contributed by atoms with Crippen molar-refractivity contribution in [1.82, 2.24) is 5.32 Å². The number of halogens is 3. The molecule has 1 N–H and O–H groups in total. The van der Waals surface area contributed by atoms with Crippen molar-refractivity contribution in [3.63, 3.8) is 0 Å². The minimum atomic E-state index is -4.49. The van der Waals surface area contributed by atoms with E-state index in [-0.39, 0.29) is 22.8 Å². The van der Waals surface area contributed by atoms with E-state index in [9.17, 15) is 18.0 Å². The second-order valence-corrected chi connectivity index (χ2v) is 6.24. The minimum Gasteiger partial charge on any atom is -0.497 e. The number of alkyl halides is 3. The van der Waals surface area contributed by atoms with Crippen LogP contribution < -0.4 is 5.32 Å². The molecule has 1 aromatic carbocycles. The summed E-state index contributed by atoms with van der Waals surface area (Å²) < 4.78 is 49.4. The Morgan fingerprint density at radius 2 is 2.08 bits per heavy atom. The lowest BCUT2D eigenvalue weighted by Gasteiger charge is -2.10. The van der Waals surface area contributed by atoms with Crippen molar-refractivity contribution in [2.45, 2.75) is 20.0 Å². The Kier molecular flexibility index (Phi) is 6.41. The molecule has 1 aliphatic rings. The predicted octanol–water partition coefficient (Wildman–Crippen LogP) is 4.15. The third-order valence-corrected chi connectivity index (χ3v) is 4.02. The first-order valence-electron chi connectivity index (χ1n) is 7.66. The molecule has 0 aromatic heterocycles. The molecule has 0 radical (unpaired) electrons. The van der Waals surface area contributed by atoms with Crippen LogP contribution in [-0.4, -0.2) is 24.0 Å². The van der Waals surface area contributed by atoms with Gasteiger partial charge in [0.2, 0.25) is 17.4 Å². The molecular formula is C17H18F3NO3S. The van der Waals surface area contributed by atoms with Crippen molar-refractivity contribution in [3.8, 4) is 0 Å². The molecule has 0 atom stereocenters. The topological polar surface area (TPSA) is 47.6 Å². The van der Waals surface area contributed by atoms with E-state index in [1.165, 1.54) is 18.4 Å². The molecular weight excluding hydrogens is 355 g/mol. The smallest absolute Gasteiger partial charge is 0.416 e. The van der Waals surface area contributed by atoms with Crippen LogP contribution in [0.3, 0.4) is 0 Å². The van der Waals surface area contributed by atoms with Gasteiger partial charge in [-0.2, -0.15) is 13.2 Å². The molecule has 0 saturated heterocycles. The van der Waals surface area contributed by atoms with Gasteiger partial charge in [-0.05, 0) is 30.4 Å². The maximum Gasteiger partial charge on any atom is 0.416 e. The van der Waals surface area contributed by atoms with Crippen molar-refractivity contribution in [2.75, 3.05) is 18.2 Å². The SMILES string of the molecule is CCO/C=C1\OC(NCSCC)=C(c2cccc(C(F)(F)F)c2)C1=O. The number of Topliss-reactive ketones (excluding diaryl/α,β-unsaturated/α-hetero) is 1. The van der Waals surface area contributed by atoms with Crippen molar-refractivity contribution in [2.24, 2.45) is 0 Å². The highest BCUT2D eigenvalue weighted by atomic mass is 32.2. The van der Waals surface area contributed by atoms with Crippen LogP contribution in [-0.2, 0) is 20.4 Å². The standard InChI is InChI=1S/C17H18F3NO3S/c1-3-23-9-13-15(22)14(16(24-13)21-10-25-4-2)11-6-5-7-12(8-11)17(18,19)20/h5-9,21H,3-4,10H2,1-2H3/b13-9-. The van der Waals surface area contributed by atoms with Gasteiger partial charge in [0.25, 0.3) is 0 Å². The van der Waals surface area contributed by atoms with Gasteiger partial charge in [-0.3, -0.25) is 4.79 Å². The lowest BCUT2D eigenvalue weighted by atomic mass is 10.00. The summed E-state index contributed by atoms with van der Waals surface area (Å²) in [6.45, 7) is 4.05. The van der Waals surface area contributed by atoms with Crippen LogP contribution in [0.1, 0.15) is 25.0 Å². The molecule has 8 heteroatoms. The predicted molar refractivity (Wildman–Crippen MR) is 90.3 cm³/mol. The highest BCUT2D eigenvalue weighted by Crippen LogP contribution is 2.35. The Balaban J connectivity index is 2.40. The van der Waals surface area contributed by atoms with Gasteiger partial charge in [0.1, 0.15) is 6.26 Å². The minimum absolute atomic E-state index is 0.0572. The van der Waals surface area contributed by atoms with E-state index in [1.54, 1.807) is 18.7 Å². The average molecular weight is 373 g/mol. The molecule has 0 spiro atoms. The lowest BCUT2D eigenvalue weighted by molar-refractivity contribution is -0.137. The van der Waals surface area contributed by atoms with E-state index in [0.29, 0.717) is 12.5 Å². The number of hydrogen-bond acceptors (Lipinski definition) is 5. The molecule has 0 bridgehead atoms. The number of ketones is 1. The van der Waals surface area contributed by atoms with Gasteiger partial charge < -0.3 is 14.8 Å². The molecule has 0 fully saturated rings. The van der Waals surface area contributed by atoms with Crippen LogP contribution in [0.25, 0.3) is 5.57 Å². The second-order valence-electron chi connectivity index (χ2n) is 4.97. The largest absolute Gasteiger partial charge is 0.497 e. The fourth-order valence-corrected chi connectivity index (χ4v) is 2.56. The van der Waals surface area contributed by atoms with E-state index >= 15 is 0 Å². The Morgan fingerprint density at radius 3 is 2.72 bits per heavy atom. The van der Waals surface area contributed by atoms with E-state index in [0.717, 1.165) is 17.9 Å². The molecule has 0 aliphatic carbocycles. The van der Waals surface area contributed by atoms with E-state index in [1.807, 2.05) is 6.92 Å². The summed E-state index contributed by atoms with van der Waals surface area (Å²) in [5.74, 6) is 0.865. The summed E-state index contributed by atoms with van der Waals surface area (Å²) in [6.07, 6.45) is -3.31. The highest BCUT2D eigenvalue weighted by Gasteiger charge is 2.35. The quantitative estimate of drug-likeness (QED) is 0.337. The van der Waals surface area contributed by atoms with Gasteiger partial charge in [0, 0.05) is 0 Å². The molecule has 2 rings (SSSR count). The van der Waals surface area contributed by atoms with Crippen LogP contribution in [0.5, 0.6) is 0 Å². The van der Waals surface area contributed by atoms with Gasteiger partial charge in [-0.1, -0.05) is 19.1 Å². The van der Waals surface area contributed by atoms with Gasteiger partial charge >= 0.3 is 6.18 Å². The second kappa shape index (κ2) is 8.33. The molecule has 136 valence electrons.